The number of aromatic amines is 1. The van der Waals surface area contributed by atoms with Crippen LogP contribution in [0.4, 0.5) is 4.79 Å². The number of hydrogen-bond donors (Lipinski definition) is 1. The molecule has 1 aliphatic rings. The first kappa shape index (κ1) is 15.4. The fourth-order valence-corrected chi connectivity index (χ4v) is 2.03. The Bertz CT molecular complexity index is 655. The molecule has 1 saturated heterocycles. The molecule has 9 nitrogen and oxygen atoms in total. The Morgan fingerprint density at radius 3 is 2.83 bits per heavy atom. The van der Waals surface area contributed by atoms with Gasteiger partial charge in [0.15, 0.2) is 11.7 Å². The van der Waals surface area contributed by atoms with Crippen molar-refractivity contribution in [2.75, 3.05) is 20.0 Å². The summed E-state index contributed by atoms with van der Waals surface area (Å²) < 4.78 is 29.9. The van der Waals surface area contributed by atoms with Crippen molar-refractivity contribution in [3.05, 3.63) is 24.1 Å². The average Bonchev–Trinajstić information content (AvgIpc) is 3.09. The van der Waals surface area contributed by atoms with Crippen LogP contribution >= 0.6 is 0 Å². The van der Waals surface area contributed by atoms with Crippen LogP contribution in [0.25, 0.3) is 11.1 Å². The van der Waals surface area contributed by atoms with E-state index in [1.165, 1.54) is 19.3 Å². The second kappa shape index (κ2) is 6.71. The maximum Gasteiger partial charge on any atom is 0.511 e. The quantitative estimate of drug-likeness (QED) is 0.669. The van der Waals surface area contributed by atoms with Gasteiger partial charge in [0.2, 0.25) is 6.29 Å². The number of carbonyl (C=O) groups excluding carboxylic acids is 2. The lowest BCUT2D eigenvalue weighted by Crippen LogP contribution is -2.34. The van der Waals surface area contributed by atoms with Crippen LogP contribution in [0.2, 0.25) is 0 Å². The van der Waals surface area contributed by atoms with Crippen molar-refractivity contribution in [1.82, 2.24) is 4.98 Å². The Morgan fingerprint density at radius 2 is 2.09 bits per heavy atom. The van der Waals surface area contributed by atoms with Gasteiger partial charge in [-0.05, 0) is 0 Å². The van der Waals surface area contributed by atoms with E-state index >= 15 is 0 Å². The summed E-state index contributed by atoms with van der Waals surface area (Å²) in [5.74, 6) is -0.680. The van der Waals surface area contributed by atoms with E-state index in [0.717, 1.165) is 0 Å². The molecule has 1 unspecified atom stereocenters. The van der Waals surface area contributed by atoms with E-state index in [9.17, 15) is 9.59 Å². The summed E-state index contributed by atoms with van der Waals surface area (Å²) in [4.78, 5) is 26.3. The number of fused-ring (bicyclic) bond motifs is 1. The van der Waals surface area contributed by atoms with Crippen LogP contribution < -0.4 is 0 Å². The molecule has 1 fully saturated rings. The average molecular weight is 325 g/mol. The van der Waals surface area contributed by atoms with Gasteiger partial charge in [0.25, 0.3) is 0 Å². The summed E-state index contributed by atoms with van der Waals surface area (Å²) in [6.07, 6.45) is -1.13. The zero-order valence-corrected chi connectivity index (χ0v) is 12.3. The zero-order chi connectivity index (χ0) is 16.2. The number of esters is 1. The molecule has 9 heteroatoms. The smallest absolute Gasteiger partial charge is 0.463 e. The summed E-state index contributed by atoms with van der Waals surface area (Å²) in [6.45, 7) is 2.03. The molecule has 0 amide bonds. The molecule has 1 atom stereocenters. The van der Waals surface area contributed by atoms with E-state index in [4.69, 9.17) is 28.1 Å². The predicted molar refractivity (Wildman–Crippen MR) is 73.6 cm³/mol. The van der Waals surface area contributed by atoms with E-state index < -0.39 is 24.5 Å². The molecule has 23 heavy (non-hydrogen) atoms. The lowest BCUT2D eigenvalue weighted by molar-refractivity contribution is -0.165. The number of hydrogen-bond acceptors (Lipinski definition) is 8. The Balaban J connectivity index is 1.48. The lowest BCUT2D eigenvalue weighted by Gasteiger charge is -2.22. The van der Waals surface area contributed by atoms with E-state index in [0.29, 0.717) is 11.1 Å². The molecule has 124 valence electrons. The summed E-state index contributed by atoms with van der Waals surface area (Å²) in [6, 6.07) is 3.18. The second-order valence-electron chi connectivity index (χ2n) is 4.82. The number of H-pyrrole nitrogens is 1. The number of aromatic nitrogens is 1. The zero-order valence-electron chi connectivity index (χ0n) is 12.3. The highest BCUT2D eigenvalue weighted by atomic mass is 16.8. The van der Waals surface area contributed by atoms with Crippen LogP contribution in [0.3, 0.4) is 0 Å². The molecule has 2 aromatic rings. The third-order valence-corrected chi connectivity index (χ3v) is 3.03. The van der Waals surface area contributed by atoms with Crippen LogP contribution in [0, 0.1) is 0 Å². The first-order chi connectivity index (χ1) is 11.1. The monoisotopic (exact) mass is 325 g/mol. The molecule has 1 N–H and O–H groups in total. The summed E-state index contributed by atoms with van der Waals surface area (Å²) in [7, 11) is 0. The lowest BCUT2D eigenvalue weighted by atomic mass is 10.4. The van der Waals surface area contributed by atoms with Crippen molar-refractivity contribution in [1.29, 1.82) is 0 Å². The maximum absolute atomic E-state index is 11.9. The highest BCUT2D eigenvalue weighted by Crippen LogP contribution is 2.17. The molecular weight excluding hydrogens is 310 g/mol. The molecule has 0 spiro atoms. The van der Waals surface area contributed by atoms with E-state index in [1.54, 1.807) is 6.07 Å². The number of ether oxygens (including phenoxy) is 5. The van der Waals surface area contributed by atoms with E-state index in [1.807, 2.05) is 0 Å². The Kier molecular flexibility index (Phi) is 4.49. The van der Waals surface area contributed by atoms with Crippen LogP contribution in [0.1, 0.15) is 17.4 Å². The summed E-state index contributed by atoms with van der Waals surface area (Å²) in [5.41, 5.74) is 1.39. The van der Waals surface area contributed by atoms with Gasteiger partial charge < -0.3 is 33.1 Å². The van der Waals surface area contributed by atoms with Gasteiger partial charge in [0.1, 0.15) is 12.5 Å². The van der Waals surface area contributed by atoms with Gasteiger partial charge in [-0.2, -0.15) is 0 Å². The topological polar surface area (TPSA) is 109 Å². The fraction of sp³-hybridized carbons (Fsp3) is 0.429. The highest BCUT2D eigenvalue weighted by molar-refractivity contribution is 5.93. The van der Waals surface area contributed by atoms with Crippen LogP contribution in [-0.4, -0.2) is 49.5 Å². The standard InChI is InChI=1S/C14H15NO8/c1-8(22-14(17)23-9-5-18-7-19-6-9)21-13(16)11-4-12-10(15-11)2-3-20-12/h2-4,8-9,15H,5-7H2,1H3. The van der Waals surface area contributed by atoms with Crippen molar-refractivity contribution in [2.24, 2.45) is 0 Å². The third-order valence-electron chi connectivity index (χ3n) is 3.03. The molecule has 2 aromatic heterocycles. The number of carbonyl (C=O) groups is 2. The molecule has 0 saturated carbocycles. The molecular formula is C14H15NO8. The maximum atomic E-state index is 11.9. The first-order valence-electron chi connectivity index (χ1n) is 6.92. The normalized spacial score (nSPS) is 16.9. The van der Waals surface area contributed by atoms with Gasteiger partial charge in [0.05, 0.1) is 25.0 Å². The van der Waals surface area contributed by atoms with E-state index in [-0.39, 0.29) is 25.7 Å². The minimum Gasteiger partial charge on any atom is -0.463 e. The highest BCUT2D eigenvalue weighted by Gasteiger charge is 2.23. The minimum atomic E-state index is -1.12. The van der Waals surface area contributed by atoms with E-state index in [2.05, 4.69) is 4.98 Å². The third kappa shape index (κ3) is 3.82. The number of nitrogens with one attached hydrogen (secondary N) is 1. The molecule has 1 aliphatic heterocycles. The van der Waals surface area contributed by atoms with Crippen molar-refractivity contribution in [3.63, 3.8) is 0 Å². The van der Waals surface area contributed by atoms with Crippen molar-refractivity contribution >= 4 is 23.2 Å². The fourth-order valence-electron chi connectivity index (χ4n) is 2.03. The van der Waals surface area contributed by atoms with Crippen LogP contribution in [0.5, 0.6) is 0 Å². The van der Waals surface area contributed by atoms with Crippen LogP contribution in [0.15, 0.2) is 22.8 Å². The molecule has 0 aliphatic carbocycles. The number of furan rings is 1. The van der Waals surface area contributed by atoms with Gasteiger partial charge >= 0.3 is 12.1 Å². The Labute approximate surface area is 130 Å². The van der Waals surface area contributed by atoms with Gasteiger partial charge in [-0.25, -0.2) is 9.59 Å². The molecule has 3 heterocycles. The second-order valence-corrected chi connectivity index (χ2v) is 4.82. The van der Waals surface area contributed by atoms with Gasteiger partial charge in [-0.1, -0.05) is 0 Å². The largest absolute Gasteiger partial charge is 0.511 e. The molecule has 0 radical (unpaired) electrons. The molecule has 0 bridgehead atoms. The SMILES string of the molecule is CC(OC(=O)OC1COCOC1)OC(=O)c1cc2occc2[nH]1. The van der Waals surface area contributed by atoms with Crippen molar-refractivity contribution in [3.8, 4) is 0 Å². The number of rotatable bonds is 4. The molecule has 0 aromatic carbocycles. The van der Waals surface area contributed by atoms with Gasteiger partial charge in [0, 0.05) is 19.1 Å². The Morgan fingerprint density at radius 1 is 1.30 bits per heavy atom. The summed E-state index contributed by atoms with van der Waals surface area (Å²) in [5, 5.41) is 0. The summed E-state index contributed by atoms with van der Waals surface area (Å²) >= 11 is 0. The van der Waals surface area contributed by atoms with Gasteiger partial charge in [-0.15, -0.1) is 0 Å². The van der Waals surface area contributed by atoms with Crippen LogP contribution in [-0.2, 0) is 23.7 Å². The van der Waals surface area contributed by atoms with Gasteiger partial charge in [-0.3, -0.25) is 0 Å². The van der Waals surface area contributed by atoms with Crippen molar-refractivity contribution < 1.29 is 37.7 Å². The minimum absolute atomic E-state index is 0.169. The first-order valence-corrected chi connectivity index (χ1v) is 6.92. The predicted octanol–water partition coefficient (Wildman–Crippen LogP) is 1.79. The Hall–Kier alpha value is -2.52. The van der Waals surface area contributed by atoms with Crippen molar-refractivity contribution in [2.45, 2.75) is 19.3 Å². The molecule has 3 rings (SSSR count).